The molecule has 0 unspecified atom stereocenters. The second-order valence-electron chi connectivity index (χ2n) is 6.80. The minimum absolute atomic E-state index is 0.136. The van der Waals surface area contributed by atoms with Crippen molar-refractivity contribution >= 4 is 17.5 Å². The number of nitrogens with one attached hydrogen (secondary N) is 2. The van der Waals surface area contributed by atoms with Crippen molar-refractivity contribution in [1.82, 2.24) is 5.32 Å². The van der Waals surface area contributed by atoms with E-state index in [4.69, 9.17) is 4.74 Å². The molecule has 0 aliphatic rings. The predicted molar refractivity (Wildman–Crippen MR) is 114 cm³/mol. The zero-order chi connectivity index (χ0) is 20.6. The molecule has 29 heavy (non-hydrogen) atoms. The summed E-state index contributed by atoms with van der Waals surface area (Å²) in [6.45, 7) is 4.29. The Morgan fingerprint density at radius 3 is 2.34 bits per heavy atom. The first-order valence-corrected chi connectivity index (χ1v) is 9.44. The second-order valence-corrected chi connectivity index (χ2v) is 6.80. The lowest BCUT2D eigenvalue weighted by Gasteiger charge is -2.12. The fourth-order valence-corrected chi connectivity index (χ4v) is 2.80. The van der Waals surface area contributed by atoms with E-state index in [0.29, 0.717) is 23.5 Å². The Kier molecular flexibility index (Phi) is 6.63. The van der Waals surface area contributed by atoms with Crippen LogP contribution in [0.15, 0.2) is 72.8 Å². The van der Waals surface area contributed by atoms with Crippen molar-refractivity contribution in [1.29, 1.82) is 0 Å². The van der Waals surface area contributed by atoms with Crippen molar-refractivity contribution in [3.05, 3.63) is 95.1 Å². The fourth-order valence-electron chi connectivity index (χ4n) is 2.80. The molecule has 3 aromatic rings. The molecule has 3 aromatic carbocycles. The molecule has 0 radical (unpaired) electrons. The SMILES string of the molecule is Cc1ccc(OCC(=O)Nc2ccccc2C(=O)NCc2ccccc2)cc1C. The third-order valence-electron chi connectivity index (χ3n) is 4.59. The Bertz CT molecular complexity index is 1000. The van der Waals surface area contributed by atoms with Crippen molar-refractivity contribution in [2.75, 3.05) is 11.9 Å². The van der Waals surface area contributed by atoms with E-state index in [-0.39, 0.29) is 18.4 Å². The van der Waals surface area contributed by atoms with Crippen LogP contribution in [0.4, 0.5) is 5.69 Å². The quantitative estimate of drug-likeness (QED) is 0.636. The summed E-state index contributed by atoms with van der Waals surface area (Å²) in [6.07, 6.45) is 0. The number of para-hydroxylation sites is 1. The van der Waals surface area contributed by atoms with Gasteiger partial charge in [-0.05, 0) is 54.8 Å². The Hall–Kier alpha value is -3.60. The predicted octanol–water partition coefficient (Wildman–Crippen LogP) is 4.25. The zero-order valence-electron chi connectivity index (χ0n) is 16.6. The molecule has 0 saturated heterocycles. The van der Waals surface area contributed by atoms with E-state index < -0.39 is 0 Å². The van der Waals surface area contributed by atoms with Crippen LogP contribution in [0.2, 0.25) is 0 Å². The topological polar surface area (TPSA) is 67.4 Å². The fraction of sp³-hybridized carbons (Fsp3) is 0.167. The third kappa shape index (κ3) is 5.69. The lowest BCUT2D eigenvalue weighted by molar-refractivity contribution is -0.118. The molecule has 0 aliphatic carbocycles. The molecule has 0 saturated carbocycles. The number of carbonyl (C=O) groups excluding carboxylic acids is 2. The summed E-state index contributed by atoms with van der Waals surface area (Å²) >= 11 is 0. The Morgan fingerprint density at radius 2 is 1.59 bits per heavy atom. The van der Waals surface area contributed by atoms with Gasteiger partial charge in [0.15, 0.2) is 6.61 Å². The molecule has 5 heteroatoms. The highest BCUT2D eigenvalue weighted by Crippen LogP contribution is 2.18. The summed E-state index contributed by atoms with van der Waals surface area (Å²) in [5, 5.41) is 5.64. The Morgan fingerprint density at radius 1 is 0.862 bits per heavy atom. The van der Waals surface area contributed by atoms with Gasteiger partial charge in [-0.15, -0.1) is 0 Å². The molecule has 5 nitrogen and oxygen atoms in total. The lowest BCUT2D eigenvalue weighted by atomic mass is 10.1. The first kappa shape index (κ1) is 20.1. The summed E-state index contributed by atoms with van der Waals surface area (Å²) in [5.74, 6) is 0.0588. The summed E-state index contributed by atoms with van der Waals surface area (Å²) in [6, 6.07) is 22.3. The second kappa shape index (κ2) is 9.55. The van der Waals surface area contributed by atoms with Gasteiger partial charge in [-0.25, -0.2) is 0 Å². The highest BCUT2D eigenvalue weighted by molar-refractivity contribution is 6.04. The molecule has 0 heterocycles. The van der Waals surface area contributed by atoms with E-state index in [1.54, 1.807) is 24.3 Å². The van der Waals surface area contributed by atoms with Crippen LogP contribution in [-0.4, -0.2) is 18.4 Å². The van der Waals surface area contributed by atoms with Crippen LogP contribution in [0, 0.1) is 13.8 Å². The van der Waals surface area contributed by atoms with Crippen LogP contribution in [-0.2, 0) is 11.3 Å². The molecule has 0 bridgehead atoms. The average molecular weight is 388 g/mol. The molecular weight excluding hydrogens is 364 g/mol. The molecule has 0 fully saturated rings. The highest BCUT2D eigenvalue weighted by Gasteiger charge is 2.13. The molecule has 2 N–H and O–H groups in total. The Balaban J connectivity index is 1.59. The van der Waals surface area contributed by atoms with Gasteiger partial charge < -0.3 is 15.4 Å². The van der Waals surface area contributed by atoms with Crippen molar-refractivity contribution in [3.8, 4) is 5.75 Å². The van der Waals surface area contributed by atoms with Gasteiger partial charge in [0.25, 0.3) is 11.8 Å². The lowest BCUT2D eigenvalue weighted by Crippen LogP contribution is -2.26. The van der Waals surface area contributed by atoms with Crippen LogP contribution < -0.4 is 15.4 Å². The van der Waals surface area contributed by atoms with Gasteiger partial charge >= 0.3 is 0 Å². The number of hydrogen-bond donors (Lipinski definition) is 2. The maximum Gasteiger partial charge on any atom is 0.262 e. The van der Waals surface area contributed by atoms with Gasteiger partial charge in [0.2, 0.25) is 0 Å². The maximum absolute atomic E-state index is 12.6. The van der Waals surface area contributed by atoms with Crippen molar-refractivity contribution in [2.24, 2.45) is 0 Å². The summed E-state index contributed by atoms with van der Waals surface area (Å²) in [5.41, 5.74) is 4.12. The van der Waals surface area contributed by atoms with Crippen molar-refractivity contribution in [2.45, 2.75) is 20.4 Å². The minimum atomic E-state index is -0.327. The van der Waals surface area contributed by atoms with Gasteiger partial charge in [-0.1, -0.05) is 48.5 Å². The number of rotatable bonds is 7. The summed E-state index contributed by atoms with van der Waals surface area (Å²) < 4.78 is 5.57. The monoisotopic (exact) mass is 388 g/mol. The molecule has 0 spiro atoms. The number of benzene rings is 3. The standard InChI is InChI=1S/C24H24N2O3/c1-17-12-13-20(14-18(17)2)29-16-23(27)26-22-11-7-6-10-21(22)24(28)25-15-19-8-4-3-5-9-19/h3-14H,15-16H2,1-2H3,(H,25,28)(H,26,27). The Labute approximate surface area is 170 Å². The van der Waals surface area contributed by atoms with E-state index in [1.807, 2.05) is 62.4 Å². The highest BCUT2D eigenvalue weighted by atomic mass is 16.5. The van der Waals surface area contributed by atoms with Gasteiger partial charge in [0.1, 0.15) is 5.75 Å². The molecular formula is C24H24N2O3. The molecule has 2 amide bonds. The minimum Gasteiger partial charge on any atom is -0.484 e. The number of ether oxygens (including phenoxy) is 1. The van der Waals surface area contributed by atoms with Gasteiger partial charge in [0.05, 0.1) is 11.3 Å². The molecule has 3 rings (SSSR count). The van der Waals surface area contributed by atoms with E-state index in [0.717, 1.165) is 16.7 Å². The largest absolute Gasteiger partial charge is 0.484 e. The zero-order valence-corrected chi connectivity index (χ0v) is 16.6. The van der Waals surface area contributed by atoms with E-state index in [2.05, 4.69) is 10.6 Å². The summed E-state index contributed by atoms with van der Waals surface area (Å²) in [4.78, 5) is 24.9. The molecule has 148 valence electrons. The normalized spacial score (nSPS) is 10.3. The first-order chi connectivity index (χ1) is 14.0. The van der Waals surface area contributed by atoms with Crippen LogP contribution in [0.25, 0.3) is 0 Å². The first-order valence-electron chi connectivity index (χ1n) is 9.44. The van der Waals surface area contributed by atoms with Crippen LogP contribution in [0.3, 0.4) is 0 Å². The van der Waals surface area contributed by atoms with Crippen molar-refractivity contribution in [3.63, 3.8) is 0 Å². The van der Waals surface area contributed by atoms with E-state index in [9.17, 15) is 9.59 Å². The molecule has 0 aromatic heterocycles. The van der Waals surface area contributed by atoms with Gasteiger partial charge in [0, 0.05) is 6.54 Å². The smallest absolute Gasteiger partial charge is 0.262 e. The van der Waals surface area contributed by atoms with Crippen LogP contribution in [0.1, 0.15) is 27.0 Å². The van der Waals surface area contributed by atoms with E-state index >= 15 is 0 Å². The van der Waals surface area contributed by atoms with Crippen molar-refractivity contribution < 1.29 is 14.3 Å². The third-order valence-corrected chi connectivity index (χ3v) is 4.59. The maximum atomic E-state index is 12.6. The van der Waals surface area contributed by atoms with Crippen LogP contribution in [0.5, 0.6) is 5.75 Å². The summed E-state index contributed by atoms with van der Waals surface area (Å²) in [7, 11) is 0. The average Bonchev–Trinajstić information content (AvgIpc) is 2.74. The number of carbonyl (C=O) groups is 2. The number of aryl methyl sites for hydroxylation is 2. The van der Waals surface area contributed by atoms with Crippen LogP contribution >= 0.6 is 0 Å². The van der Waals surface area contributed by atoms with E-state index in [1.165, 1.54) is 0 Å². The number of amides is 2. The molecule has 0 aliphatic heterocycles. The van der Waals surface area contributed by atoms with Gasteiger partial charge in [-0.3, -0.25) is 9.59 Å². The molecule has 0 atom stereocenters. The number of anilines is 1. The van der Waals surface area contributed by atoms with Gasteiger partial charge in [-0.2, -0.15) is 0 Å². The number of hydrogen-bond acceptors (Lipinski definition) is 3.